The lowest BCUT2D eigenvalue weighted by atomic mass is 10.1. The van der Waals surface area contributed by atoms with Crippen molar-refractivity contribution in [2.45, 2.75) is 38.6 Å². The van der Waals surface area contributed by atoms with Gasteiger partial charge in [-0.15, -0.1) is 0 Å². The summed E-state index contributed by atoms with van der Waals surface area (Å²) in [6.45, 7) is 2.07. The van der Waals surface area contributed by atoms with Crippen molar-refractivity contribution in [3.8, 4) is 22.8 Å². The fourth-order valence-electron chi connectivity index (χ4n) is 3.64. The minimum atomic E-state index is 0.126. The maximum atomic E-state index is 10.2. The van der Waals surface area contributed by atoms with Crippen molar-refractivity contribution >= 4 is 11.5 Å². The molecular weight excluding hydrogens is 314 g/mol. The van der Waals surface area contributed by atoms with E-state index in [0.717, 1.165) is 28.3 Å². The number of imidazole rings is 1. The Bertz CT molecular complexity index is 911. The maximum absolute atomic E-state index is 10.2. The average Bonchev–Trinajstić information content (AvgIpc) is 3.24. The predicted molar refractivity (Wildman–Crippen MR) is 99.5 cm³/mol. The quantitative estimate of drug-likeness (QED) is 0.742. The lowest BCUT2D eigenvalue weighted by Gasteiger charge is -2.15. The Hall–Kier alpha value is -2.69. The van der Waals surface area contributed by atoms with E-state index in [9.17, 15) is 5.11 Å². The number of methoxy groups -OCH3 is 1. The Labute approximate surface area is 147 Å². The molecule has 5 nitrogen and oxygen atoms in total. The van der Waals surface area contributed by atoms with Crippen LogP contribution in [0, 0.1) is 6.92 Å². The van der Waals surface area contributed by atoms with Gasteiger partial charge in [-0.3, -0.25) is 4.40 Å². The number of nitrogens with zero attached hydrogens (tertiary/aromatic N) is 2. The maximum Gasteiger partial charge on any atom is 0.160 e. The van der Waals surface area contributed by atoms with Crippen LogP contribution < -0.4 is 10.1 Å². The first-order chi connectivity index (χ1) is 12.2. The van der Waals surface area contributed by atoms with E-state index in [1.54, 1.807) is 19.2 Å². The summed E-state index contributed by atoms with van der Waals surface area (Å²) in [6, 6.07) is 10.0. The number of benzene rings is 1. The highest BCUT2D eigenvalue weighted by molar-refractivity contribution is 5.79. The summed E-state index contributed by atoms with van der Waals surface area (Å²) in [5.74, 6) is 1.59. The largest absolute Gasteiger partial charge is 0.504 e. The fraction of sp³-hybridized carbons (Fsp3) is 0.350. The van der Waals surface area contributed by atoms with E-state index >= 15 is 0 Å². The zero-order valence-corrected chi connectivity index (χ0v) is 14.6. The second-order valence-electron chi connectivity index (χ2n) is 6.71. The highest BCUT2D eigenvalue weighted by atomic mass is 16.5. The Balaban J connectivity index is 1.86. The third-order valence-electron chi connectivity index (χ3n) is 4.99. The molecule has 2 aromatic heterocycles. The summed E-state index contributed by atoms with van der Waals surface area (Å²) in [7, 11) is 1.55. The number of hydrogen-bond donors (Lipinski definition) is 2. The van der Waals surface area contributed by atoms with Gasteiger partial charge >= 0.3 is 0 Å². The highest BCUT2D eigenvalue weighted by Gasteiger charge is 2.21. The number of ether oxygens (including phenoxy) is 1. The van der Waals surface area contributed by atoms with Crippen molar-refractivity contribution in [2.75, 3.05) is 12.4 Å². The summed E-state index contributed by atoms with van der Waals surface area (Å²) in [6.07, 6.45) is 6.95. The third-order valence-corrected chi connectivity index (χ3v) is 4.99. The monoisotopic (exact) mass is 337 g/mol. The summed E-state index contributed by atoms with van der Waals surface area (Å²) in [4.78, 5) is 4.87. The molecule has 130 valence electrons. The molecule has 0 aliphatic heterocycles. The van der Waals surface area contributed by atoms with Crippen molar-refractivity contribution in [2.24, 2.45) is 0 Å². The molecule has 0 spiro atoms. The first-order valence-corrected chi connectivity index (χ1v) is 8.79. The molecular formula is C20H23N3O2. The van der Waals surface area contributed by atoms with Crippen molar-refractivity contribution < 1.29 is 9.84 Å². The Morgan fingerprint density at radius 3 is 2.76 bits per heavy atom. The number of nitrogens with one attached hydrogen (secondary N) is 1. The minimum Gasteiger partial charge on any atom is -0.504 e. The van der Waals surface area contributed by atoms with E-state index in [1.807, 2.05) is 18.3 Å². The minimum absolute atomic E-state index is 0.126. The summed E-state index contributed by atoms with van der Waals surface area (Å²) in [5, 5.41) is 13.9. The lowest BCUT2D eigenvalue weighted by molar-refractivity contribution is 0.373. The standard InChI is InChI=1S/C20H23N3O2/c1-13-6-5-11-23-19(13)22-18(20(23)21-15-7-3-4-8-15)14-9-10-17(25-2)16(24)12-14/h5-6,9-12,15,21,24H,3-4,7-8H2,1-2H3. The molecule has 0 amide bonds. The molecule has 1 aromatic carbocycles. The highest BCUT2D eigenvalue weighted by Crippen LogP contribution is 2.36. The number of aryl methyl sites for hydroxylation is 1. The van der Waals surface area contributed by atoms with Gasteiger partial charge in [0.2, 0.25) is 0 Å². The van der Waals surface area contributed by atoms with E-state index in [-0.39, 0.29) is 5.75 Å². The Morgan fingerprint density at radius 1 is 1.24 bits per heavy atom. The molecule has 1 saturated carbocycles. The molecule has 5 heteroatoms. The fourth-order valence-corrected chi connectivity index (χ4v) is 3.64. The molecule has 4 rings (SSSR count). The van der Waals surface area contributed by atoms with Crippen LogP contribution in [0.2, 0.25) is 0 Å². The van der Waals surface area contributed by atoms with Gasteiger partial charge in [0.1, 0.15) is 17.2 Å². The average molecular weight is 337 g/mol. The van der Waals surface area contributed by atoms with Crippen LogP contribution in [0.1, 0.15) is 31.2 Å². The molecule has 0 bridgehead atoms. The van der Waals surface area contributed by atoms with Gasteiger partial charge in [-0.05, 0) is 49.6 Å². The van der Waals surface area contributed by atoms with Crippen molar-refractivity contribution in [1.29, 1.82) is 0 Å². The number of aromatic hydroxyl groups is 1. The van der Waals surface area contributed by atoms with Gasteiger partial charge in [0.25, 0.3) is 0 Å². The summed E-state index contributed by atoms with van der Waals surface area (Å²) in [5.41, 5.74) is 3.80. The van der Waals surface area contributed by atoms with E-state index in [1.165, 1.54) is 25.7 Å². The number of phenols is 1. The second-order valence-corrected chi connectivity index (χ2v) is 6.71. The number of hydrogen-bond acceptors (Lipinski definition) is 4. The Kier molecular flexibility index (Phi) is 3.99. The van der Waals surface area contributed by atoms with Crippen LogP contribution in [0.25, 0.3) is 16.9 Å². The van der Waals surface area contributed by atoms with Crippen molar-refractivity contribution in [1.82, 2.24) is 9.38 Å². The molecule has 1 fully saturated rings. The molecule has 0 radical (unpaired) electrons. The SMILES string of the molecule is COc1ccc(-c2nc3c(C)cccn3c2NC2CCCC2)cc1O. The predicted octanol–water partition coefficient (Wildman–Crippen LogP) is 4.38. The molecule has 1 aliphatic carbocycles. The van der Waals surface area contributed by atoms with Crippen molar-refractivity contribution in [3.05, 3.63) is 42.1 Å². The van der Waals surface area contributed by atoms with Crippen LogP contribution >= 0.6 is 0 Å². The smallest absolute Gasteiger partial charge is 0.160 e. The number of anilines is 1. The van der Waals surface area contributed by atoms with Crippen LogP contribution in [-0.2, 0) is 0 Å². The van der Waals surface area contributed by atoms with E-state index < -0.39 is 0 Å². The zero-order chi connectivity index (χ0) is 17.4. The number of pyridine rings is 1. The normalized spacial score (nSPS) is 15.0. The number of fused-ring (bicyclic) bond motifs is 1. The Morgan fingerprint density at radius 2 is 2.04 bits per heavy atom. The molecule has 3 aromatic rings. The summed E-state index contributed by atoms with van der Waals surface area (Å²) < 4.78 is 7.28. The number of rotatable bonds is 4. The van der Waals surface area contributed by atoms with Gasteiger partial charge in [-0.2, -0.15) is 0 Å². The van der Waals surface area contributed by atoms with Crippen molar-refractivity contribution in [3.63, 3.8) is 0 Å². The van der Waals surface area contributed by atoms with Crippen LogP contribution in [0.3, 0.4) is 0 Å². The van der Waals surface area contributed by atoms with Gasteiger partial charge in [0.15, 0.2) is 11.5 Å². The second kappa shape index (κ2) is 6.31. The molecule has 0 atom stereocenters. The van der Waals surface area contributed by atoms with Crippen LogP contribution in [0.4, 0.5) is 5.82 Å². The van der Waals surface area contributed by atoms with Gasteiger partial charge in [-0.1, -0.05) is 18.9 Å². The number of aromatic nitrogens is 2. The van der Waals surface area contributed by atoms with E-state index in [0.29, 0.717) is 11.8 Å². The van der Waals surface area contributed by atoms with Crippen LogP contribution in [-0.4, -0.2) is 27.6 Å². The third kappa shape index (κ3) is 2.80. The molecule has 1 aliphatic rings. The zero-order valence-electron chi connectivity index (χ0n) is 14.6. The number of phenolic OH excluding ortho intramolecular Hbond substituents is 1. The topological polar surface area (TPSA) is 58.8 Å². The van der Waals surface area contributed by atoms with E-state index in [4.69, 9.17) is 9.72 Å². The molecule has 25 heavy (non-hydrogen) atoms. The summed E-state index contributed by atoms with van der Waals surface area (Å²) >= 11 is 0. The van der Waals surface area contributed by atoms with Crippen LogP contribution in [0.5, 0.6) is 11.5 Å². The first kappa shape index (κ1) is 15.8. The van der Waals surface area contributed by atoms with E-state index in [2.05, 4.69) is 22.7 Å². The van der Waals surface area contributed by atoms with Gasteiger partial charge < -0.3 is 15.2 Å². The first-order valence-electron chi connectivity index (χ1n) is 8.79. The van der Waals surface area contributed by atoms with Gasteiger partial charge in [0, 0.05) is 17.8 Å². The molecule has 2 heterocycles. The molecule has 2 N–H and O–H groups in total. The van der Waals surface area contributed by atoms with Gasteiger partial charge in [0.05, 0.1) is 7.11 Å². The van der Waals surface area contributed by atoms with Crippen LogP contribution in [0.15, 0.2) is 36.5 Å². The lowest BCUT2D eigenvalue weighted by Crippen LogP contribution is -2.16. The molecule has 0 saturated heterocycles. The van der Waals surface area contributed by atoms with Gasteiger partial charge in [-0.25, -0.2) is 4.98 Å². The molecule has 0 unspecified atom stereocenters.